The minimum Gasteiger partial charge on any atom is -0.497 e. The van der Waals surface area contributed by atoms with Crippen LogP contribution in [0.1, 0.15) is 76.7 Å². The van der Waals surface area contributed by atoms with Crippen molar-refractivity contribution in [3.63, 3.8) is 0 Å². The molecule has 0 aliphatic carbocycles. The second-order valence-electron chi connectivity index (χ2n) is 15.0. The lowest BCUT2D eigenvalue weighted by Crippen LogP contribution is -2.29. The van der Waals surface area contributed by atoms with Gasteiger partial charge in [-0.05, 0) is 133 Å². The van der Waals surface area contributed by atoms with Crippen LogP contribution in [0.2, 0.25) is 20.1 Å². The summed E-state index contributed by atoms with van der Waals surface area (Å²) in [6.45, 7) is 4.10. The van der Waals surface area contributed by atoms with E-state index in [4.69, 9.17) is 60.6 Å². The van der Waals surface area contributed by atoms with Gasteiger partial charge < -0.3 is 24.0 Å². The summed E-state index contributed by atoms with van der Waals surface area (Å²) in [6, 6.07) is 32.7. The van der Waals surface area contributed by atoms with E-state index < -0.39 is 11.6 Å². The van der Waals surface area contributed by atoms with Crippen LogP contribution in [0.3, 0.4) is 0 Å². The van der Waals surface area contributed by atoms with Gasteiger partial charge in [0.1, 0.15) is 11.5 Å². The third-order valence-electron chi connectivity index (χ3n) is 11.4. The lowest BCUT2D eigenvalue weighted by atomic mass is 9.83. The maximum atomic E-state index is 14.3. The summed E-state index contributed by atoms with van der Waals surface area (Å²) in [4.78, 5) is 19.1. The van der Waals surface area contributed by atoms with Gasteiger partial charge in [-0.15, -0.1) is 0 Å². The molecule has 0 N–H and O–H groups in total. The minimum atomic E-state index is -1.62. The number of ether oxygens (including phenoxy) is 3. The molecule has 2 saturated heterocycles. The van der Waals surface area contributed by atoms with E-state index in [9.17, 15) is 4.79 Å². The zero-order valence-electron chi connectivity index (χ0n) is 32.5. The van der Waals surface area contributed by atoms with Crippen LogP contribution in [0.15, 0.2) is 109 Å². The second-order valence-corrected chi connectivity index (χ2v) is 16.5. The number of hydrogen-bond donors (Lipinski definition) is 0. The molecular weight excluding hydrogens is 810 g/mol. The average Bonchev–Trinajstić information content (AvgIpc) is 3.57. The van der Waals surface area contributed by atoms with Crippen molar-refractivity contribution in [3.05, 3.63) is 163 Å². The van der Waals surface area contributed by atoms with Crippen LogP contribution in [0, 0.1) is 0 Å². The number of carbonyl (C=O) groups excluding carboxylic acids is 1. The Morgan fingerprint density at radius 2 is 0.897 bits per heavy atom. The van der Waals surface area contributed by atoms with Gasteiger partial charge in [0.15, 0.2) is 5.60 Å². The first-order chi connectivity index (χ1) is 28.2. The fraction of sp³-hybridized carbons (Fsp3) is 0.271. The highest BCUT2D eigenvalue weighted by molar-refractivity contribution is 6.53. The van der Waals surface area contributed by atoms with E-state index in [-0.39, 0.29) is 25.7 Å². The highest BCUT2D eigenvalue weighted by Gasteiger charge is 2.48. The van der Waals surface area contributed by atoms with Gasteiger partial charge in [0, 0.05) is 43.1 Å². The normalized spacial score (nSPS) is 16.9. The van der Waals surface area contributed by atoms with Gasteiger partial charge in [-0.1, -0.05) is 94.9 Å². The molecule has 298 valence electrons. The largest absolute Gasteiger partial charge is 0.497 e. The average molecular weight is 855 g/mol. The minimum absolute atomic E-state index is 0.0137. The van der Waals surface area contributed by atoms with Crippen LogP contribution in [-0.2, 0) is 10.3 Å². The van der Waals surface area contributed by atoms with Crippen LogP contribution >= 0.6 is 46.4 Å². The van der Waals surface area contributed by atoms with Gasteiger partial charge in [-0.2, -0.15) is 0 Å². The van der Waals surface area contributed by atoms with Gasteiger partial charge >= 0.3 is 5.97 Å². The zero-order chi connectivity index (χ0) is 40.4. The number of nitrogens with zero attached hydrogens (tertiary/aromatic N) is 2. The zero-order valence-corrected chi connectivity index (χ0v) is 35.5. The first kappa shape index (κ1) is 40.2. The molecule has 0 aromatic heterocycles. The topological polar surface area (TPSA) is 51.2 Å². The van der Waals surface area contributed by atoms with Crippen LogP contribution in [0.25, 0.3) is 11.1 Å². The Kier molecular flexibility index (Phi) is 12.0. The predicted octanol–water partition coefficient (Wildman–Crippen LogP) is 12.9. The van der Waals surface area contributed by atoms with Gasteiger partial charge in [0.25, 0.3) is 0 Å². The van der Waals surface area contributed by atoms with Crippen molar-refractivity contribution in [3.8, 4) is 11.5 Å². The van der Waals surface area contributed by atoms with E-state index in [1.165, 1.54) is 38.5 Å². The molecule has 0 amide bonds. The summed E-state index contributed by atoms with van der Waals surface area (Å²) in [6.07, 6.45) is 11.1. The van der Waals surface area contributed by atoms with Crippen molar-refractivity contribution in [2.45, 2.75) is 44.1 Å². The van der Waals surface area contributed by atoms with Crippen molar-refractivity contribution >= 4 is 74.9 Å². The van der Waals surface area contributed by atoms with E-state index in [2.05, 4.69) is 58.3 Å². The molecular formula is C48H44Cl4N2O4. The highest BCUT2D eigenvalue weighted by atomic mass is 35.5. The molecule has 0 spiro atoms. The summed E-state index contributed by atoms with van der Waals surface area (Å²) in [5.74, 6) is 0.751. The van der Waals surface area contributed by atoms with E-state index in [1.807, 2.05) is 60.7 Å². The number of carbonyl (C=O) groups is 1. The summed E-state index contributed by atoms with van der Waals surface area (Å²) in [5, 5.41) is 0.0763. The van der Waals surface area contributed by atoms with E-state index in [0.717, 1.165) is 71.0 Å². The maximum Gasteiger partial charge on any atom is 0.341 e. The summed E-state index contributed by atoms with van der Waals surface area (Å²) < 4.78 is 17.7. The summed E-state index contributed by atoms with van der Waals surface area (Å²) in [7, 11) is 3.28. The fourth-order valence-corrected chi connectivity index (χ4v) is 9.41. The first-order valence-corrected chi connectivity index (χ1v) is 21.3. The van der Waals surface area contributed by atoms with Crippen molar-refractivity contribution < 1.29 is 19.0 Å². The Morgan fingerprint density at radius 3 is 1.28 bits per heavy atom. The van der Waals surface area contributed by atoms with Gasteiger partial charge in [-0.25, -0.2) is 4.79 Å². The van der Waals surface area contributed by atoms with Gasteiger partial charge in [0.05, 0.1) is 39.9 Å². The van der Waals surface area contributed by atoms with Crippen LogP contribution < -0.4 is 19.3 Å². The third-order valence-corrected chi connectivity index (χ3v) is 13.2. The van der Waals surface area contributed by atoms with Crippen molar-refractivity contribution in [2.24, 2.45) is 0 Å². The molecule has 3 aliphatic rings. The van der Waals surface area contributed by atoms with Crippen LogP contribution in [0.5, 0.6) is 11.5 Å². The van der Waals surface area contributed by atoms with Crippen molar-refractivity contribution in [2.75, 3.05) is 50.2 Å². The number of anilines is 2. The summed E-state index contributed by atoms with van der Waals surface area (Å²) in [5.41, 5.74) is 6.20. The standard InChI is InChI=1S/C48H44Cl4N2O4/c1-56-37-21-13-33(14-22-37)39(31-9-17-35(18-10-31)53-25-5-3-6-26-53)29-48(42-41(47(55)58-48)43(49)45(51)46(52)44(42)50)30-40(34-15-23-38(57-2)24-16-34)32-11-19-36(20-12-32)54-27-7-4-8-28-54/h9-24,29-30H,3-8,25-28H2,1-2H3/b39-29-,40-30-. The third kappa shape index (κ3) is 7.92. The van der Waals surface area contributed by atoms with Gasteiger partial charge in [-0.3, -0.25) is 0 Å². The molecule has 8 rings (SSSR count). The number of halogens is 4. The lowest BCUT2D eigenvalue weighted by Gasteiger charge is -2.30. The smallest absolute Gasteiger partial charge is 0.341 e. The fourth-order valence-electron chi connectivity index (χ4n) is 8.34. The molecule has 0 bridgehead atoms. The number of benzene rings is 5. The summed E-state index contributed by atoms with van der Waals surface area (Å²) >= 11 is 27.5. The number of esters is 1. The molecule has 0 radical (unpaired) electrons. The van der Waals surface area contributed by atoms with Crippen LogP contribution in [0.4, 0.5) is 11.4 Å². The molecule has 6 nitrogen and oxygen atoms in total. The molecule has 5 aromatic carbocycles. The Hall–Kier alpha value is -4.59. The maximum absolute atomic E-state index is 14.3. The second kappa shape index (κ2) is 17.3. The van der Waals surface area contributed by atoms with E-state index >= 15 is 0 Å². The Labute approximate surface area is 360 Å². The number of fused-ring (bicyclic) bond motifs is 1. The predicted molar refractivity (Wildman–Crippen MR) is 239 cm³/mol. The number of hydrogen-bond acceptors (Lipinski definition) is 6. The van der Waals surface area contributed by atoms with Crippen LogP contribution in [-0.4, -0.2) is 46.4 Å². The molecule has 3 aliphatic heterocycles. The Bertz CT molecular complexity index is 2220. The lowest BCUT2D eigenvalue weighted by molar-refractivity contribution is 0.0300. The molecule has 0 atom stereocenters. The molecule has 3 heterocycles. The van der Waals surface area contributed by atoms with E-state index in [0.29, 0.717) is 17.1 Å². The van der Waals surface area contributed by atoms with Crippen molar-refractivity contribution in [1.29, 1.82) is 0 Å². The number of cyclic esters (lactones) is 1. The SMILES string of the molecule is COc1ccc(/C(=C\C2(/C=C(\c3ccc(OC)cc3)c3ccc(N4CCCCC4)cc3)OC(=O)c3c(Cl)c(Cl)c(Cl)c(Cl)c32)c2ccc(N3CCCCC3)cc2)cc1. The number of rotatable bonds is 10. The van der Waals surface area contributed by atoms with E-state index in [1.54, 1.807) is 14.2 Å². The quantitative estimate of drug-likeness (QED) is 0.0792. The molecule has 0 saturated carbocycles. The number of piperidine rings is 2. The monoisotopic (exact) mass is 852 g/mol. The highest BCUT2D eigenvalue weighted by Crippen LogP contribution is 2.53. The Morgan fingerprint density at radius 1 is 0.534 bits per heavy atom. The van der Waals surface area contributed by atoms with Crippen molar-refractivity contribution in [1.82, 2.24) is 0 Å². The first-order valence-electron chi connectivity index (χ1n) is 19.7. The Balaban J connectivity index is 1.39. The molecule has 58 heavy (non-hydrogen) atoms. The molecule has 2 fully saturated rings. The molecule has 5 aromatic rings. The van der Waals surface area contributed by atoms with Gasteiger partial charge in [0.2, 0.25) is 0 Å². The molecule has 10 heteroatoms. The molecule has 0 unspecified atom stereocenters. The number of methoxy groups -OCH3 is 2.